The lowest BCUT2D eigenvalue weighted by Crippen LogP contribution is -2.48. The predicted octanol–water partition coefficient (Wildman–Crippen LogP) is 4.40. The van der Waals surface area contributed by atoms with E-state index in [2.05, 4.69) is 13.8 Å². The Morgan fingerprint density at radius 2 is 1.69 bits per heavy atom. The second-order valence-corrected chi connectivity index (χ2v) is 9.73. The average Bonchev–Trinajstić information content (AvgIpc) is 2.67. The van der Waals surface area contributed by atoms with Crippen molar-refractivity contribution in [1.82, 2.24) is 0 Å². The maximum absolute atomic E-state index is 12.9. The molecule has 1 saturated carbocycles. The van der Waals surface area contributed by atoms with E-state index in [1.54, 1.807) is 6.92 Å². The molecule has 0 saturated heterocycles. The van der Waals surface area contributed by atoms with Crippen molar-refractivity contribution in [3.05, 3.63) is 46.1 Å². The summed E-state index contributed by atoms with van der Waals surface area (Å²) in [6.07, 6.45) is 2.64. The first-order valence-electron chi connectivity index (χ1n) is 10.7. The Kier molecular flexibility index (Phi) is 5.12. The second-order valence-electron chi connectivity index (χ2n) is 9.73. The van der Waals surface area contributed by atoms with Crippen LogP contribution in [0.2, 0.25) is 0 Å². The number of hydrogen-bond donors (Lipinski definition) is 5. The standard InChI is InChI=1S/C25H28O7/c1-24(2)7-4-8-25(3,31)21(24)10-14-16(27)11-20-22(23(14)30)18(29)12-19(32-20)13-5-6-15(26)17(28)9-13/h5-6,9,11-12,21,26-28,30-31H,4,7-8,10H2,1-3H3/t21-,25?/m0/s1. The molecular weight excluding hydrogens is 412 g/mol. The van der Waals surface area contributed by atoms with Gasteiger partial charge in [0.25, 0.3) is 0 Å². The van der Waals surface area contributed by atoms with Crippen LogP contribution in [-0.2, 0) is 6.42 Å². The van der Waals surface area contributed by atoms with Gasteiger partial charge >= 0.3 is 0 Å². The van der Waals surface area contributed by atoms with Gasteiger partial charge in [-0.05, 0) is 55.7 Å². The normalized spacial score (nSPS) is 22.8. The van der Waals surface area contributed by atoms with E-state index < -0.39 is 11.0 Å². The highest BCUT2D eigenvalue weighted by molar-refractivity contribution is 5.88. The van der Waals surface area contributed by atoms with Crippen LogP contribution in [0.4, 0.5) is 0 Å². The van der Waals surface area contributed by atoms with Crippen LogP contribution in [0.3, 0.4) is 0 Å². The second kappa shape index (κ2) is 7.45. The van der Waals surface area contributed by atoms with E-state index in [1.165, 1.54) is 30.3 Å². The summed E-state index contributed by atoms with van der Waals surface area (Å²) in [5.74, 6) is -1.37. The molecule has 1 aliphatic rings. The van der Waals surface area contributed by atoms with E-state index >= 15 is 0 Å². The van der Waals surface area contributed by atoms with Crippen molar-refractivity contribution in [2.24, 2.45) is 11.3 Å². The number of aromatic hydroxyl groups is 4. The molecule has 7 heteroatoms. The maximum atomic E-state index is 12.9. The third-order valence-electron chi connectivity index (χ3n) is 6.94. The first-order valence-corrected chi connectivity index (χ1v) is 10.7. The number of fused-ring (bicyclic) bond motifs is 1. The molecule has 32 heavy (non-hydrogen) atoms. The summed E-state index contributed by atoms with van der Waals surface area (Å²) in [6, 6.07) is 6.47. The van der Waals surface area contributed by atoms with Gasteiger partial charge in [0.05, 0.1) is 5.60 Å². The fourth-order valence-electron chi connectivity index (χ4n) is 5.14. The lowest BCUT2D eigenvalue weighted by atomic mass is 9.60. The summed E-state index contributed by atoms with van der Waals surface area (Å²) in [7, 11) is 0. The Hall–Kier alpha value is -3.19. The molecule has 2 aromatic carbocycles. The smallest absolute Gasteiger partial charge is 0.197 e. The lowest BCUT2D eigenvalue weighted by Gasteiger charge is -2.48. The van der Waals surface area contributed by atoms with Gasteiger partial charge in [-0.25, -0.2) is 0 Å². The number of hydrogen-bond acceptors (Lipinski definition) is 7. The molecule has 3 aromatic rings. The minimum Gasteiger partial charge on any atom is -0.507 e. The summed E-state index contributed by atoms with van der Waals surface area (Å²) in [5, 5.41) is 51.9. The molecule has 1 fully saturated rings. The highest BCUT2D eigenvalue weighted by atomic mass is 16.3. The molecule has 0 radical (unpaired) electrons. The van der Waals surface area contributed by atoms with E-state index in [4.69, 9.17) is 4.42 Å². The van der Waals surface area contributed by atoms with Crippen LogP contribution >= 0.6 is 0 Å². The number of rotatable bonds is 3. The molecule has 0 spiro atoms. The fraction of sp³-hybridized carbons (Fsp3) is 0.400. The van der Waals surface area contributed by atoms with E-state index in [9.17, 15) is 30.3 Å². The Bertz CT molecular complexity index is 1240. The van der Waals surface area contributed by atoms with E-state index in [0.717, 1.165) is 12.8 Å². The van der Waals surface area contributed by atoms with Crippen molar-refractivity contribution in [2.45, 2.75) is 52.1 Å². The van der Waals surface area contributed by atoms with Gasteiger partial charge in [0.2, 0.25) is 0 Å². The van der Waals surface area contributed by atoms with Crippen LogP contribution in [0.25, 0.3) is 22.3 Å². The van der Waals surface area contributed by atoms with Gasteiger partial charge in [0.15, 0.2) is 16.9 Å². The minimum atomic E-state index is -0.967. The van der Waals surface area contributed by atoms with E-state index in [1.807, 2.05) is 0 Å². The summed E-state index contributed by atoms with van der Waals surface area (Å²) in [4.78, 5) is 12.9. The Morgan fingerprint density at radius 3 is 2.34 bits per heavy atom. The molecule has 1 unspecified atom stereocenters. The number of phenolic OH excluding ortho intramolecular Hbond substituents is 4. The predicted molar refractivity (Wildman–Crippen MR) is 120 cm³/mol. The van der Waals surface area contributed by atoms with Crippen molar-refractivity contribution >= 4 is 11.0 Å². The van der Waals surface area contributed by atoms with Gasteiger partial charge in [-0.1, -0.05) is 20.3 Å². The van der Waals surface area contributed by atoms with Gasteiger partial charge in [-0.2, -0.15) is 0 Å². The molecule has 4 rings (SSSR count). The van der Waals surface area contributed by atoms with Gasteiger partial charge < -0.3 is 29.9 Å². The fourth-order valence-corrected chi connectivity index (χ4v) is 5.14. The molecule has 1 aliphatic carbocycles. The quantitative estimate of drug-likeness (QED) is 0.381. The Labute approximate surface area is 185 Å². The minimum absolute atomic E-state index is 0.00604. The van der Waals surface area contributed by atoms with Crippen LogP contribution in [0.1, 0.15) is 45.6 Å². The summed E-state index contributed by atoms with van der Waals surface area (Å²) in [6.45, 7) is 5.91. The first kappa shape index (κ1) is 22.0. The third-order valence-corrected chi connectivity index (χ3v) is 6.94. The van der Waals surface area contributed by atoms with Gasteiger partial charge in [0.1, 0.15) is 28.2 Å². The molecule has 170 valence electrons. The van der Waals surface area contributed by atoms with Crippen LogP contribution in [0.15, 0.2) is 39.5 Å². The molecule has 1 heterocycles. The van der Waals surface area contributed by atoms with Crippen LogP contribution in [0, 0.1) is 11.3 Å². The van der Waals surface area contributed by atoms with Crippen molar-refractivity contribution in [2.75, 3.05) is 0 Å². The van der Waals surface area contributed by atoms with Crippen molar-refractivity contribution in [3.63, 3.8) is 0 Å². The molecule has 1 aromatic heterocycles. The van der Waals surface area contributed by atoms with Crippen LogP contribution in [0.5, 0.6) is 23.0 Å². The number of aliphatic hydroxyl groups is 1. The number of benzene rings is 2. The lowest BCUT2D eigenvalue weighted by molar-refractivity contribution is -0.0885. The average molecular weight is 440 g/mol. The molecule has 0 aliphatic heterocycles. The SMILES string of the molecule is CC1(C)CCCC(C)(O)[C@H]1Cc1c(O)cc2oc(-c3ccc(O)c(O)c3)cc(=O)c2c1O. The van der Waals surface area contributed by atoms with E-state index in [-0.39, 0.29) is 63.0 Å². The highest BCUT2D eigenvalue weighted by Gasteiger charge is 2.46. The third kappa shape index (κ3) is 3.66. The maximum Gasteiger partial charge on any atom is 0.197 e. The van der Waals surface area contributed by atoms with Crippen molar-refractivity contribution in [3.8, 4) is 34.3 Å². The van der Waals surface area contributed by atoms with Gasteiger partial charge in [0, 0.05) is 23.3 Å². The summed E-state index contributed by atoms with van der Waals surface area (Å²) >= 11 is 0. The first-order chi connectivity index (χ1) is 14.9. The Morgan fingerprint density at radius 1 is 0.969 bits per heavy atom. The molecular formula is C25H28O7. The molecule has 5 N–H and O–H groups in total. The largest absolute Gasteiger partial charge is 0.507 e. The number of phenols is 4. The van der Waals surface area contributed by atoms with Crippen molar-refractivity contribution < 1.29 is 29.9 Å². The zero-order chi connectivity index (χ0) is 23.4. The van der Waals surface area contributed by atoms with Crippen LogP contribution in [-0.4, -0.2) is 31.1 Å². The van der Waals surface area contributed by atoms with Gasteiger partial charge in [-0.3, -0.25) is 4.79 Å². The highest BCUT2D eigenvalue weighted by Crippen LogP contribution is 2.50. The Balaban J connectivity index is 1.82. The zero-order valence-electron chi connectivity index (χ0n) is 18.3. The molecule has 0 amide bonds. The van der Waals surface area contributed by atoms with Crippen molar-refractivity contribution in [1.29, 1.82) is 0 Å². The molecule has 2 atom stereocenters. The summed E-state index contributed by atoms with van der Waals surface area (Å²) in [5.41, 5.74) is -1.14. The monoisotopic (exact) mass is 440 g/mol. The van der Waals surface area contributed by atoms with Crippen LogP contribution < -0.4 is 5.43 Å². The molecule has 0 bridgehead atoms. The molecule has 7 nitrogen and oxygen atoms in total. The van der Waals surface area contributed by atoms with Gasteiger partial charge in [-0.15, -0.1) is 0 Å². The topological polar surface area (TPSA) is 131 Å². The summed E-state index contributed by atoms with van der Waals surface area (Å²) < 4.78 is 5.75. The zero-order valence-corrected chi connectivity index (χ0v) is 18.3. The van der Waals surface area contributed by atoms with E-state index in [0.29, 0.717) is 12.0 Å².